The zero-order chi connectivity index (χ0) is 15.8. The first-order chi connectivity index (χ1) is 9.80. The highest BCUT2D eigenvalue weighted by molar-refractivity contribution is 7.89. The summed E-state index contributed by atoms with van der Waals surface area (Å²) in [5.74, 6) is 5.77. The van der Waals surface area contributed by atoms with E-state index in [0.29, 0.717) is 5.65 Å². The van der Waals surface area contributed by atoms with Crippen molar-refractivity contribution in [2.24, 2.45) is 11.8 Å². The van der Waals surface area contributed by atoms with Crippen molar-refractivity contribution in [2.75, 3.05) is 12.5 Å². The lowest BCUT2D eigenvalue weighted by molar-refractivity contribution is 0.315. The molecule has 0 saturated heterocycles. The van der Waals surface area contributed by atoms with E-state index in [1.54, 1.807) is 31.4 Å². The quantitative estimate of drug-likeness (QED) is 0.641. The maximum atomic E-state index is 12.9. The molecule has 2 rings (SSSR count). The first kappa shape index (κ1) is 15.7. The summed E-state index contributed by atoms with van der Waals surface area (Å²) in [6.45, 7) is 5.83. The maximum Gasteiger partial charge on any atom is 0.262 e. The molecule has 0 fully saturated rings. The number of nitrogens with zero attached hydrogens (tertiary/aromatic N) is 3. The molecule has 0 bridgehead atoms. The summed E-state index contributed by atoms with van der Waals surface area (Å²) in [4.78, 5) is 4.21. The molecular weight excluding hydrogens is 290 g/mol. The number of nitrogens with two attached hydrogens (primary N) is 1. The minimum atomic E-state index is -3.72. The van der Waals surface area contributed by atoms with Gasteiger partial charge in [0, 0.05) is 19.3 Å². The number of imidazole rings is 1. The number of anilines is 1. The van der Waals surface area contributed by atoms with Crippen molar-refractivity contribution in [2.45, 2.75) is 31.8 Å². The number of nitrogens with one attached hydrogen (secondary N) is 1. The Labute approximate surface area is 124 Å². The molecule has 2 aromatic heterocycles. The van der Waals surface area contributed by atoms with Crippen molar-refractivity contribution in [1.82, 2.24) is 13.7 Å². The molecule has 1 unspecified atom stereocenters. The monoisotopic (exact) mass is 311 g/mol. The summed E-state index contributed by atoms with van der Waals surface area (Å²) in [5.41, 5.74) is 2.90. The lowest BCUT2D eigenvalue weighted by Crippen LogP contribution is -2.39. The molecule has 0 aliphatic rings. The van der Waals surface area contributed by atoms with Crippen LogP contribution in [0.1, 0.15) is 20.8 Å². The summed E-state index contributed by atoms with van der Waals surface area (Å²) in [6.07, 6.45) is 1.66. The first-order valence-electron chi connectivity index (χ1n) is 6.72. The van der Waals surface area contributed by atoms with Crippen LogP contribution in [-0.4, -0.2) is 35.2 Å². The number of rotatable bonds is 5. The molecule has 3 N–H and O–H groups in total. The molecule has 8 heteroatoms. The van der Waals surface area contributed by atoms with Crippen molar-refractivity contribution < 1.29 is 8.42 Å². The first-order valence-corrected chi connectivity index (χ1v) is 8.16. The smallest absolute Gasteiger partial charge is 0.262 e. The van der Waals surface area contributed by atoms with E-state index in [0.717, 1.165) is 0 Å². The Bertz CT molecular complexity index is 738. The van der Waals surface area contributed by atoms with Gasteiger partial charge >= 0.3 is 0 Å². The van der Waals surface area contributed by atoms with Gasteiger partial charge in [0.25, 0.3) is 10.0 Å². The molecule has 0 spiro atoms. The molecule has 0 saturated carbocycles. The highest BCUT2D eigenvalue weighted by Crippen LogP contribution is 2.26. The molecule has 0 aliphatic heterocycles. The van der Waals surface area contributed by atoms with Crippen LogP contribution in [0.5, 0.6) is 0 Å². The van der Waals surface area contributed by atoms with Crippen LogP contribution in [0.15, 0.2) is 29.4 Å². The number of hydrazine groups is 1. The molecule has 0 amide bonds. The predicted octanol–water partition coefficient (Wildman–Crippen LogP) is 1.28. The fourth-order valence-electron chi connectivity index (χ4n) is 2.09. The molecule has 21 heavy (non-hydrogen) atoms. The molecule has 0 aliphatic carbocycles. The van der Waals surface area contributed by atoms with Gasteiger partial charge in [-0.3, -0.25) is 4.40 Å². The van der Waals surface area contributed by atoms with Gasteiger partial charge in [-0.1, -0.05) is 19.9 Å². The third-order valence-electron chi connectivity index (χ3n) is 3.78. The van der Waals surface area contributed by atoms with Crippen molar-refractivity contribution in [3.63, 3.8) is 0 Å². The minimum absolute atomic E-state index is 0.0515. The van der Waals surface area contributed by atoms with Gasteiger partial charge in [-0.2, -0.15) is 4.31 Å². The van der Waals surface area contributed by atoms with Gasteiger partial charge in [-0.25, -0.2) is 19.2 Å². The number of hydrogen-bond donors (Lipinski definition) is 2. The number of nitrogen functional groups attached to an aromatic ring is 1. The van der Waals surface area contributed by atoms with Crippen LogP contribution >= 0.6 is 0 Å². The SMILES string of the molecule is CC(C)C(C)N(C)S(=O)(=O)c1c(NN)nc2ccccn12. The summed E-state index contributed by atoms with van der Waals surface area (Å²) in [6, 6.07) is 5.13. The molecule has 7 nitrogen and oxygen atoms in total. The van der Waals surface area contributed by atoms with E-state index in [1.165, 1.54) is 8.71 Å². The Morgan fingerprint density at radius 2 is 2.00 bits per heavy atom. The van der Waals surface area contributed by atoms with Gasteiger partial charge in [0.05, 0.1) is 0 Å². The van der Waals surface area contributed by atoms with Crippen molar-refractivity contribution >= 4 is 21.5 Å². The molecular formula is C13H21N5O2S. The van der Waals surface area contributed by atoms with E-state index in [9.17, 15) is 8.42 Å². The molecule has 116 valence electrons. The normalized spacial score (nSPS) is 14.0. The second-order valence-electron chi connectivity index (χ2n) is 5.34. The van der Waals surface area contributed by atoms with Crippen molar-refractivity contribution in [3.05, 3.63) is 24.4 Å². The van der Waals surface area contributed by atoms with Gasteiger partial charge < -0.3 is 5.43 Å². The second-order valence-corrected chi connectivity index (χ2v) is 7.26. The molecule has 0 aromatic carbocycles. The van der Waals surface area contributed by atoms with E-state index in [1.807, 2.05) is 20.8 Å². The van der Waals surface area contributed by atoms with E-state index in [2.05, 4.69) is 10.4 Å². The van der Waals surface area contributed by atoms with Crippen LogP contribution in [-0.2, 0) is 10.0 Å². The van der Waals surface area contributed by atoms with E-state index in [4.69, 9.17) is 5.84 Å². The van der Waals surface area contributed by atoms with Crippen LogP contribution in [0, 0.1) is 5.92 Å². The van der Waals surface area contributed by atoms with Crippen molar-refractivity contribution in [1.29, 1.82) is 0 Å². The lowest BCUT2D eigenvalue weighted by Gasteiger charge is -2.27. The Balaban J connectivity index is 2.64. The number of fused-ring (bicyclic) bond motifs is 1. The lowest BCUT2D eigenvalue weighted by atomic mass is 10.1. The Hall–Kier alpha value is -1.64. The van der Waals surface area contributed by atoms with Gasteiger partial charge in [-0.15, -0.1) is 0 Å². The summed E-state index contributed by atoms with van der Waals surface area (Å²) < 4.78 is 28.7. The van der Waals surface area contributed by atoms with E-state index >= 15 is 0 Å². The number of aromatic nitrogens is 2. The summed E-state index contributed by atoms with van der Waals surface area (Å²) in [7, 11) is -2.15. The fourth-order valence-corrected chi connectivity index (χ4v) is 3.79. The highest BCUT2D eigenvalue weighted by atomic mass is 32.2. The predicted molar refractivity (Wildman–Crippen MR) is 82.3 cm³/mol. The number of pyridine rings is 1. The van der Waals surface area contributed by atoms with Crippen LogP contribution in [0.3, 0.4) is 0 Å². The Morgan fingerprint density at radius 1 is 1.33 bits per heavy atom. The van der Waals surface area contributed by atoms with Crippen LogP contribution in [0.25, 0.3) is 5.65 Å². The molecule has 1 atom stereocenters. The summed E-state index contributed by atoms with van der Waals surface area (Å²) >= 11 is 0. The third kappa shape index (κ3) is 2.61. The highest BCUT2D eigenvalue weighted by Gasteiger charge is 2.32. The third-order valence-corrected chi connectivity index (χ3v) is 5.75. The minimum Gasteiger partial charge on any atom is -0.306 e. The average molecular weight is 311 g/mol. The number of hydrogen-bond acceptors (Lipinski definition) is 5. The van der Waals surface area contributed by atoms with Gasteiger partial charge in [0.1, 0.15) is 5.65 Å². The zero-order valence-corrected chi connectivity index (χ0v) is 13.4. The molecule has 2 aromatic rings. The number of sulfonamides is 1. The molecule has 2 heterocycles. The topological polar surface area (TPSA) is 92.7 Å². The second kappa shape index (κ2) is 5.63. The Kier molecular flexibility index (Phi) is 4.22. The van der Waals surface area contributed by atoms with Gasteiger partial charge in [0.15, 0.2) is 5.82 Å². The molecule has 0 radical (unpaired) electrons. The average Bonchev–Trinajstić information content (AvgIpc) is 2.84. The van der Waals surface area contributed by atoms with Crippen LogP contribution < -0.4 is 11.3 Å². The Morgan fingerprint density at radius 3 is 2.57 bits per heavy atom. The zero-order valence-electron chi connectivity index (χ0n) is 12.6. The van der Waals surface area contributed by atoms with Gasteiger partial charge in [0.2, 0.25) is 5.03 Å². The summed E-state index contributed by atoms with van der Waals surface area (Å²) in [5, 5.41) is 0.0515. The standard InChI is InChI=1S/C13H21N5O2S/c1-9(2)10(3)17(4)21(19,20)13-12(16-14)15-11-7-5-6-8-18(11)13/h5-10,16H,14H2,1-4H3. The van der Waals surface area contributed by atoms with Gasteiger partial charge in [-0.05, 0) is 25.0 Å². The van der Waals surface area contributed by atoms with E-state index < -0.39 is 10.0 Å². The van der Waals surface area contributed by atoms with Crippen LogP contribution in [0.4, 0.5) is 5.82 Å². The van der Waals surface area contributed by atoms with E-state index in [-0.39, 0.29) is 22.8 Å². The largest absolute Gasteiger partial charge is 0.306 e. The maximum absolute atomic E-state index is 12.9. The fraction of sp³-hybridized carbons (Fsp3) is 0.462. The van der Waals surface area contributed by atoms with Crippen molar-refractivity contribution in [3.8, 4) is 0 Å². The van der Waals surface area contributed by atoms with Crippen LogP contribution in [0.2, 0.25) is 0 Å².